The zero-order valence-corrected chi connectivity index (χ0v) is 20.5. The average molecular weight is 471 g/mol. The molecule has 3 rings (SSSR count). The van der Waals surface area contributed by atoms with Gasteiger partial charge in [-0.2, -0.15) is 0 Å². The monoisotopic (exact) mass is 470 g/mol. The van der Waals surface area contributed by atoms with E-state index in [0.717, 1.165) is 55.2 Å². The second-order valence-corrected chi connectivity index (χ2v) is 8.56. The Labute approximate surface area is 201 Å². The maximum atomic E-state index is 12.8. The maximum absolute atomic E-state index is 12.8. The summed E-state index contributed by atoms with van der Waals surface area (Å²) in [6, 6.07) is 11.5. The molecule has 33 heavy (non-hydrogen) atoms. The fourth-order valence-electron chi connectivity index (χ4n) is 3.89. The van der Waals surface area contributed by atoms with E-state index in [1.54, 1.807) is 7.11 Å². The van der Waals surface area contributed by atoms with Gasteiger partial charge in [0, 0.05) is 43.5 Å². The molecule has 0 atom stereocenters. The molecule has 1 aliphatic heterocycles. The van der Waals surface area contributed by atoms with Crippen LogP contribution in [-0.2, 0) is 4.74 Å². The Kier molecular flexibility index (Phi) is 9.45. The minimum Gasteiger partial charge on any atom is -0.497 e. The highest BCUT2D eigenvalue weighted by atomic mass is 32.1. The van der Waals surface area contributed by atoms with Crippen molar-refractivity contribution in [1.82, 2.24) is 15.2 Å². The first-order valence-electron chi connectivity index (χ1n) is 11.5. The van der Waals surface area contributed by atoms with Gasteiger partial charge in [-0.15, -0.1) is 0 Å². The number of methoxy groups -OCH3 is 1. The predicted octanol–water partition coefficient (Wildman–Crippen LogP) is 4.13. The van der Waals surface area contributed by atoms with Crippen LogP contribution in [0.15, 0.2) is 36.4 Å². The van der Waals surface area contributed by atoms with Crippen LogP contribution in [0.4, 0.5) is 5.69 Å². The van der Waals surface area contributed by atoms with E-state index in [-0.39, 0.29) is 11.8 Å². The van der Waals surface area contributed by atoms with Crippen molar-refractivity contribution in [1.29, 1.82) is 0 Å². The number of thiocarbonyl (C=S) groups is 1. The van der Waals surface area contributed by atoms with Crippen LogP contribution >= 0.6 is 12.2 Å². The molecule has 1 fully saturated rings. The number of rotatable bonds is 9. The van der Waals surface area contributed by atoms with Crippen LogP contribution in [0.5, 0.6) is 5.75 Å². The molecule has 1 saturated heterocycles. The number of hydrogen-bond acceptors (Lipinski definition) is 5. The van der Waals surface area contributed by atoms with E-state index in [0.29, 0.717) is 30.4 Å². The number of hydrogen-bond donors (Lipinski definition) is 2. The number of nitrogens with one attached hydrogen (secondary N) is 2. The van der Waals surface area contributed by atoms with Crippen LogP contribution in [0.25, 0.3) is 0 Å². The Bertz CT molecular complexity index is 928. The Morgan fingerprint density at radius 2 is 1.88 bits per heavy atom. The Morgan fingerprint density at radius 3 is 2.55 bits per heavy atom. The fraction of sp³-hybridized carbons (Fsp3) is 0.480. The number of benzene rings is 1. The second-order valence-electron chi connectivity index (χ2n) is 8.17. The van der Waals surface area contributed by atoms with Crippen molar-refractivity contribution in [3.8, 4) is 5.75 Å². The Morgan fingerprint density at radius 1 is 1.15 bits per heavy atom. The number of piperidine rings is 1. The first-order valence-corrected chi connectivity index (χ1v) is 12.0. The topological polar surface area (TPSA) is 75.7 Å². The molecule has 0 spiro atoms. The Balaban J connectivity index is 1.57. The smallest absolute Gasteiger partial charge is 0.253 e. The molecular formula is C25H34N4O3S. The normalized spacial score (nSPS) is 14.1. The SMILES string of the molecule is CCCOCCNC(=O)c1ccc(C)nc1C1CCN(C(=S)Nc2ccc(OC)cc2)CC1. The van der Waals surface area contributed by atoms with Gasteiger partial charge < -0.3 is 25.0 Å². The maximum Gasteiger partial charge on any atom is 0.253 e. The molecular weight excluding hydrogens is 436 g/mol. The molecule has 0 aliphatic carbocycles. The summed E-state index contributed by atoms with van der Waals surface area (Å²) in [4.78, 5) is 19.8. The molecule has 0 saturated carbocycles. The minimum atomic E-state index is -0.0864. The van der Waals surface area contributed by atoms with Crippen molar-refractivity contribution in [3.63, 3.8) is 0 Å². The number of nitrogens with zero attached hydrogens (tertiary/aromatic N) is 2. The molecule has 0 bridgehead atoms. The number of anilines is 1. The van der Waals surface area contributed by atoms with Gasteiger partial charge >= 0.3 is 0 Å². The van der Waals surface area contributed by atoms with Gasteiger partial charge in [-0.25, -0.2) is 0 Å². The number of aromatic nitrogens is 1. The summed E-state index contributed by atoms with van der Waals surface area (Å²) in [5.41, 5.74) is 3.40. The van der Waals surface area contributed by atoms with Crippen LogP contribution < -0.4 is 15.4 Å². The number of carbonyl (C=O) groups excluding carboxylic acids is 1. The van der Waals surface area contributed by atoms with Crippen LogP contribution in [0.3, 0.4) is 0 Å². The van der Waals surface area contributed by atoms with Gasteiger partial charge in [-0.1, -0.05) is 6.92 Å². The number of amides is 1. The van der Waals surface area contributed by atoms with Crippen molar-refractivity contribution in [2.24, 2.45) is 0 Å². The summed E-state index contributed by atoms with van der Waals surface area (Å²) in [5, 5.41) is 6.98. The highest BCUT2D eigenvalue weighted by molar-refractivity contribution is 7.80. The zero-order valence-electron chi connectivity index (χ0n) is 19.7. The average Bonchev–Trinajstić information content (AvgIpc) is 2.84. The summed E-state index contributed by atoms with van der Waals surface area (Å²) in [5.74, 6) is 0.949. The fourth-order valence-corrected chi connectivity index (χ4v) is 4.19. The number of ether oxygens (including phenoxy) is 2. The van der Waals surface area contributed by atoms with E-state index < -0.39 is 0 Å². The van der Waals surface area contributed by atoms with E-state index in [2.05, 4.69) is 22.5 Å². The molecule has 1 aliphatic rings. The van der Waals surface area contributed by atoms with Gasteiger partial charge in [0.05, 0.1) is 25.0 Å². The largest absolute Gasteiger partial charge is 0.497 e. The number of pyridine rings is 1. The van der Waals surface area contributed by atoms with Gasteiger partial charge in [-0.05, 0) is 74.8 Å². The van der Waals surface area contributed by atoms with Gasteiger partial charge in [0.25, 0.3) is 5.91 Å². The first kappa shape index (κ1) is 24.9. The molecule has 8 heteroatoms. The first-order chi connectivity index (χ1) is 16.0. The number of aryl methyl sites for hydroxylation is 1. The third kappa shape index (κ3) is 7.14. The van der Waals surface area contributed by atoms with E-state index in [1.807, 2.05) is 43.3 Å². The lowest BCUT2D eigenvalue weighted by atomic mass is 9.90. The number of likely N-dealkylation sites (tertiary alicyclic amines) is 1. The van der Waals surface area contributed by atoms with Crippen LogP contribution in [0.1, 0.15) is 53.8 Å². The van der Waals surface area contributed by atoms with Crippen molar-refractivity contribution >= 4 is 28.9 Å². The molecule has 2 N–H and O–H groups in total. The summed E-state index contributed by atoms with van der Waals surface area (Å²) >= 11 is 5.63. The highest BCUT2D eigenvalue weighted by Crippen LogP contribution is 2.30. The third-order valence-electron chi connectivity index (χ3n) is 5.70. The lowest BCUT2D eigenvalue weighted by Gasteiger charge is -2.34. The molecule has 178 valence electrons. The Hall–Kier alpha value is -2.71. The van der Waals surface area contributed by atoms with E-state index in [4.69, 9.17) is 26.7 Å². The lowest BCUT2D eigenvalue weighted by Crippen LogP contribution is -2.41. The third-order valence-corrected chi connectivity index (χ3v) is 6.06. The molecule has 1 amide bonds. The van der Waals surface area contributed by atoms with E-state index in [1.165, 1.54) is 0 Å². The molecule has 1 aromatic heterocycles. The highest BCUT2D eigenvalue weighted by Gasteiger charge is 2.27. The van der Waals surface area contributed by atoms with E-state index in [9.17, 15) is 4.79 Å². The van der Waals surface area contributed by atoms with Gasteiger partial charge in [0.2, 0.25) is 0 Å². The molecule has 0 unspecified atom stereocenters. The van der Waals surface area contributed by atoms with Gasteiger partial charge in [-0.3, -0.25) is 9.78 Å². The molecule has 0 radical (unpaired) electrons. The van der Waals surface area contributed by atoms with Crippen LogP contribution in [-0.4, -0.2) is 60.9 Å². The second kappa shape index (κ2) is 12.5. The molecule has 7 nitrogen and oxygen atoms in total. The lowest BCUT2D eigenvalue weighted by molar-refractivity contribution is 0.0913. The minimum absolute atomic E-state index is 0.0864. The van der Waals surface area contributed by atoms with Gasteiger partial charge in [0.1, 0.15) is 5.75 Å². The quantitative estimate of drug-likeness (QED) is 0.422. The molecule has 2 aromatic rings. The van der Waals surface area contributed by atoms with Crippen molar-refractivity contribution < 1.29 is 14.3 Å². The van der Waals surface area contributed by atoms with Crippen LogP contribution in [0, 0.1) is 6.92 Å². The summed E-state index contributed by atoms with van der Waals surface area (Å²) < 4.78 is 10.7. The van der Waals surface area contributed by atoms with Crippen molar-refractivity contribution in [2.75, 3.05) is 45.3 Å². The summed E-state index contributed by atoms with van der Waals surface area (Å²) in [6.45, 7) is 7.38. The number of carbonyl (C=O) groups is 1. The molecule has 1 aromatic carbocycles. The van der Waals surface area contributed by atoms with Gasteiger partial charge in [0.15, 0.2) is 5.11 Å². The van der Waals surface area contributed by atoms with Crippen molar-refractivity contribution in [3.05, 3.63) is 53.3 Å². The summed E-state index contributed by atoms with van der Waals surface area (Å²) in [6.07, 6.45) is 2.75. The zero-order chi connectivity index (χ0) is 23.6. The standard InChI is InChI=1S/C25H34N4O3S/c1-4-16-32-17-13-26-24(30)22-10-5-18(2)27-23(22)19-11-14-29(15-12-19)25(33)28-20-6-8-21(31-3)9-7-20/h5-10,19H,4,11-17H2,1-3H3,(H,26,30)(H,28,33). The predicted molar refractivity (Wildman–Crippen MR) is 135 cm³/mol. The summed E-state index contributed by atoms with van der Waals surface area (Å²) in [7, 11) is 1.65. The van der Waals surface area contributed by atoms with Crippen LogP contribution in [0.2, 0.25) is 0 Å². The molecule has 2 heterocycles. The van der Waals surface area contributed by atoms with E-state index >= 15 is 0 Å². The van der Waals surface area contributed by atoms with Crippen molar-refractivity contribution in [2.45, 2.75) is 39.0 Å².